The van der Waals surface area contributed by atoms with Gasteiger partial charge < -0.3 is 14.7 Å². The van der Waals surface area contributed by atoms with Gasteiger partial charge in [-0.15, -0.1) is 0 Å². The Morgan fingerprint density at radius 2 is 2.00 bits per heavy atom. The molecule has 0 radical (unpaired) electrons. The highest BCUT2D eigenvalue weighted by atomic mass is 16.5. The van der Waals surface area contributed by atoms with Gasteiger partial charge in [-0.05, 0) is 67.8 Å². The van der Waals surface area contributed by atoms with Crippen LogP contribution in [0.5, 0.6) is 5.75 Å². The first-order valence-electron chi connectivity index (χ1n) is 8.77. The fourth-order valence-corrected chi connectivity index (χ4v) is 3.39. The predicted molar refractivity (Wildman–Crippen MR) is 95.9 cm³/mol. The number of carbonyl (C=O) groups is 1. The van der Waals surface area contributed by atoms with Gasteiger partial charge in [-0.1, -0.05) is 18.6 Å². The van der Waals surface area contributed by atoms with E-state index in [1.165, 1.54) is 25.8 Å². The monoisotopic (exact) mass is 327 g/mol. The van der Waals surface area contributed by atoms with Crippen LogP contribution in [0.2, 0.25) is 0 Å². The molecule has 4 heteroatoms. The van der Waals surface area contributed by atoms with Gasteiger partial charge >= 0.3 is 5.97 Å². The van der Waals surface area contributed by atoms with Crippen LogP contribution in [0.4, 0.5) is 0 Å². The lowest BCUT2D eigenvalue weighted by molar-refractivity contribution is 0.0697. The van der Waals surface area contributed by atoms with Gasteiger partial charge in [0.05, 0.1) is 12.2 Å². The maximum Gasteiger partial charge on any atom is 0.335 e. The summed E-state index contributed by atoms with van der Waals surface area (Å²) in [6, 6.07) is 11.7. The van der Waals surface area contributed by atoms with E-state index in [4.69, 9.17) is 9.84 Å². The summed E-state index contributed by atoms with van der Waals surface area (Å²) >= 11 is 0. The Morgan fingerprint density at radius 3 is 2.79 bits per heavy atom. The SMILES string of the molecule is CC1CCCCN1CCCOc1ccc2cc(C(=O)O)ccc2c1. The van der Waals surface area contributed by atoms with Gasteiger partial charge in [0.25, 0.3) is 0 Å². The number of carboxylic acid groups (broad SMARTS) is 1. The second-order valence-corrected chi connectivity index (χ2v) is 6.61. The van der Waals surface area contributed by atoms with Gasteiger partial charge in [0.15, 0.2) is 0 Å². The molecule has 4 nitrogen and oxygen atoms in total. The van der Waals surface area contributed by atoms with E-state index in [9.17, 15) is 4.79 Å². The number of likely N-dealkylation sites (tertiary alicyclic amines) is 1. The minimum absolute atomic E-state index is 0.312. The van der Waals surface area contributed by atoms with Crippen LogP contribution in [0.3, 0.4) is 0 Å². The fraction of sp³-hybridized carbons (Fsp3) is 0.450. The summed E-state index contributed by atoms with van der Waals surface area (Å²) < 4.78 is 5.88. The lowest BCUT2D eigenvalue weighted by Crippen LogP contribution is -2.38. The second kappa shape index (κ2) is 7.67. The molecule has 0 saturated carbocycles. The van der Waals surface area contributed by atoms with Crippen molar-refractivity contribution in [3.63, 3.8) is 0 Å². The molecule has 1 unspecified atom stereocenters. The molecule has 1 fully saturated rings. The van der Waals surface area contributed by atoms with Crippen molar-refractivity contribution in [2.45, 2.75) is 38.6 Å². The van der Waals surface area contributed by atoms with Crippen LogP contribution in [-0.2, 0) is 0 Å². The Morgan fingerprint density at radius 1 is 1.21 bits per heavy atom. The highest BCUT2D eigenvalue weighted by molar-refractivity contribution is 5.94. The second-order valence-electron chi connectivity index (χ2n) is 6.61. The molecule has 3 rings (SSSR count). The number of hydrogen-bond donors (Lipinski definition) is 1. The highest BCUT2D eigenvalue weighted by Gasteiger charge is 2.17. The van der Waals surface area contributed by atoms with Crippen LogP contribution in [0, 0.1) is 0 Å². The van der Waals surface area contributed by atoms with E-state index >= 15 is 0 Å². The van der Waals surface area contributed by atoms with Gasteiger partial charge in [-0.2, -0.15) is 0 Å². The lowest BCUT2D eigenvalue weighted by atomic mass is 10.0. The maximum atomic E-state index is 11.0. The topological polar surface area (TPSA) is 49.8 Å². The van der Waals surface area contributed by atoms with E-state index in [1.54, 1.807) is 12.1 Å². The van der Waals surface area contributed by atoms with Crippen molar-refractivity contribution in [3.8, 4) is 5.75 Å². The van der Waals surface area contributed by atoms with E-state index in [-0.39, 0.29) is 0 Å². The molecule has 128 valence electrons. The van der Waals surface area contributed by atoms with Crippen molar-refractivity contribution in [3.05, 3.63) is 42.0 Å². The summed E-state index contributed by atoms with van der Waals surface area (Å²) in [5, 5.41) is 11.0. The molecule has 24 heavy (non-hydrogen) atoms. The molecule has 0 amide bonds. The minimum atomic E-state index is -0.899. The zero-order valence-electron chi connectivity index (χ0n) is 14.2. The molecule has 1 aliphatic heterocycles. The third kappa shape index (κ3) is 4.06. The summed E-state index contributed by atoms with van der Waals surface area (Å²) in [6.45, 7) is 5.33. The number of benzene rings is 2. The van der Waals surface area contributed by atoms with Gasteiger partial charge in [0.1, 0.15) is 5.75 Å². The minimum Gasteiger partial charge on any atom is -0.494 e. The Labute approximate surface area is 143 Å². The normalized spacial score (nSPS) is 18.6. The largest absolute Gasteiger partial charge is 0.494 e. The predicted octanol–water partition coefficient (Wildman–Crippen LogP) is 4.18. The van der Waals surface area contributed by atoms with E-state index in [0.717, 1.165) is 29.5 Å². The number of nitrogens with zero attached hydrogens (tertiary/aromatic N) is 1. The van der Waals surface area contributed by atoms with Crippen molar-refractivity contribution in [1.29, 1.82) is 0 Å². The summed E-state index contributed by atoms with van der Waals surface area (Å²) in [7, 11) is 0. The van der Waals surface area contributed by atoms with Crippen molar-refractivity contribution in [1.82, 2.24) is 4.90 Å². The molecule has 1 heterocycles. The Kier molecular flexibility index (Phi) is 5.36. The molecular formula is C20H25NO3. The number of fused-ring (bicyclic) bond motifs is 1. The first kappa shape index (κ1) is 16.8. The molecule has 1 aliphatic rings. The summed E-state index contributed by atoms with van der Waals surface area (Å²) in [4.78, 5) is 13.6. The van der Waals surface area contributed by atoms with Gasteiger partial charge in [-0.3, -0.25) is 0 Å². The zero-order chi connectivity index (χ0) is 16.9. The average Bonchev–Trinajstić information content (AvgIpc) is 2.59. The quantitative estimate of drug-likeness (QED) is 0.809. The maximum absolute atomic E-state index is 11.0. The van der Waals surface area contributed by atoms with Crippen molar-refractivity contribution in [2.75, 3.05) is 19.7 Å². The first-order valence-corrected chi connectivity index (χ1v) is 8.77. The van der Waals surface area contributed by atoms with Crippen LogP contribution >= 0.6 is 0 Å². The highest BCUT2D eigenvalue weighted by Crippen LogP contribution is 2.22. The number of ether oxygens (including phenoxy) is 1. The zero-order valence-corrected chi connectivity index (χ0v) is 14.2. The van der Waals surface area contributed by atoms with Crippen molar-refractivity contribution < 1.29 is 14.6 Å². The summed E-state index contributed by atoms with van der Waals surface area (Å²) in [5.74, 6) is -0.0542. The molecule has 1 saturated heterocycles. The molecular weight excluding hydrogens is 302 g/mol. The van der Waals surface area contributed by atoms with E-state index in [0.29, 0.717) is 18.2 Å². The first-order chi connectivity index (χ1) is 11.6. The van der Waals surface area contributed by atoms with E-state index in [1.807, 2.05) is 24.3 Å². The molecule has 1 atom stereocenters. The number of aromatic carboxylic acids is 1. The molecule has 1 N–H and O–H groups in total. The average molecular weight is 327 g/mol. The number of hydrogen-bond acceptors (Lipinski definition) is 3. The Bertz CT molecular complexity index is 713. The third-order valence-corrected chi connectivity index (χ3v) is 4.86. The lowest BCUT2D eigenvalue weighted by Gasteiger charge is -2.33. The van der Waals surface area contributed by atoms with Gasteiger partial charge in [-0.25, -0.2) is 4.79 Å². The number of piperidine rings is 1. The summed E-state index contributed by atoms with van der Waals surface area (Å²) in [5.41, 5.74) is 0.312. The fourth-order valence-electron chi connectivity index (χ4n) is 3.39. The van der Waals surface area contributed by atoms with Crippen molar-refractivity contribution in [2.24, 2.45) is 0 Å². The number of rotatable bonds is 6. The smallest absolute Gasteiger partial charge is 0.335 e. The molecule has 2 aromatic rings. The van der Waals surface area contributed by atoms with Crippen LogP contribution < -0.4 is 4.74 Å². The summed E-state index contributed by atoms with van der Waals surface area (Å²) in [6.07, 6.45) is 5.01. The van der Waals surface area contributed by atoms with E-state index in [2.05, 4.69) is 11.8 Å². The Hall–Kier alpha value is -2.07. The Balaban J connectivity index is 1.53. The molecule has 0 aliphatic carbocycles. The van der Waals surface area contributed by atoms with Crippen LogP contribution in [0.25, 0.3) is 10.8 Å². The molecule has 2 aromatic carbocycles. The van der Waals surface area contributed by atoms with Crippen molar-refractivity contribution >= 4 is 16.7 Å². The third-order valence-electron chi connectivity index (χ3n) is 4.86. The molecule has 0 aromatic heterocycles. The van der Waals surface area contributed by atoms with Gasteiger partial charge in [0.2, 0.25) is 0 Å². The van der Waals surface area contributed by atoms with E-state index < -0.39 is 5.97 Å². The van der Waals surface area contributed by atoms with Crippen LogP contribution in [0.15, 0.2) is 36.4 Å². The number of carboxylic acids is 1. The van der Waals surface area contributed by atoms with Gasteiger partial charge in [0, 0.05) is 12.6 Å². The van der Waals surface area contributed by atoms with Crippen LogP contribution in [-0.4, -0.2) is 41.7 Å². The molecule has 0 bridgehead atoms. The van der Waals surface area contributed by atoms with Crippen LogP contribution in [0.1, 0.15) is 43.0 Å². The molecule has 0 spiro atoms. The standard InChI is InChI=1S/C20H25NO3/c1-15-5-2-3-10-21(15)11-4-12-24-19-9-8-16-13-18(20(22)23)7-6-17(16)14-19/h6-9,13-15H,2-5,10-12H2,1H3,(H,22,23).